The van der Waals surface area contributed by atoms with E-state index in [0.29, 0.717) is 19.0 Å². The highest BCUT2D eigenvalue weighted by Crippen LogP contribution is 2.25. The van der Waals surface area contributed by atoms with Crippen LogP contribution in [0, 0.1) is 16.7 Å². The second-order valence-electron chi connectivity index (χ2n) is 3.75. The maximum Gasteiger partial charge on any atom is 0.373 e. The van der Waals surface area contributed by atoms with E-state index < -0.39 is 5.41 Å². The summed E-state index contributed by atoms with van der Waals surface area (Å²) in [6.07, 6.45) is 3.31. The highest BCUT2D eigenvalue weighted by atomic mass is 33.1. The number of nitriles is 1. The van der Waals surface area contributed by atoms with Crippen LogP contribution < -0.4 is 0 Å². The zero-order valence-electron chi connectivity index (χ0n) is 11.4. The fourth-order valence-corrected chi connectivity index (χ4v) is 2.83. The predicted molar refractivity (Wildman–Crippen MR) is 76.2 cm³/mol. The summed E-state index contributed by atoms with van der Waals surface area (Å²) >= 11 is 0. The molecule has 1 unspecified atom stereocenters. The lowest BCUT2D eigenvalue weighted by molar-refractivity contribution is -0.191. The summed E-state index contributed by atoms with van der Waals surface area (Å²) in [6.45, 7) is 4.25. The van der Waals surface area contributed by atoms with Gasteiger partial charge in [0.15, 0.2) is 0 Å². The standard InChI is InChI=1S/C11H21NO2S2.CO2/c1-3-5-6-15-16-10-14-9-11(4-2,7-12)8-13;2-1-3/h13H,3-6,8-10H2,1-2H3;. The Hall–Kier alpha value is -0.510. The van der Waals surface area contributed by atoms with Crippen LogP contribution in [0.25, 0.3) is 0 Å². The lowest BCUT2D eigenvalue weighted by Crippen LogP contribution is -2.28. The van der Waals surface area contributed by atoms with Crippen LogP contribution in [0.1, 0.15) is 33.1 Å². The zero-order valence-corrected chi connectivity index (χ0v) is 13.0. The van der Waals surface area contributed by atoms with E-state index in [9.17, 15) is 0 Å². The average molecular weight is 307 g/mol. The van der Waals surface area contributed by atoms with Crippen molar-refractivity contribution in [3.8, 4) is 6.07 Å². The van der Waals surface area contributed by atoms with Gasteiger partial charge in [0.05, 0.1) is 19.3 Å². The molecule has 5 nitrogen and oxygen atoms in total. The maximum atomic E-state index is 9.13. The monoisotopic (exact) mass is 307 g/mol. The first-order chi connectivity index (χ1) is 9.16. The SMILES string of the molecule is CCCCSSCOCC(C#N)(CC)CO.O=C=O. The van der Waals surface area contributed by atoms with Gasteiger partial charge in [0.2, 0.25) is 0 Å². The molecule has 1 atom stereocenters. The molecule has 0 heterocycles. The largest absolute Gasteiger partial charge is 0.395 e. The normalized spacial score (nSPS) is 12.5. The van der Waals surface area contributed by atoms with E-state index in [1.165, 1.54) is 12.8 Å². The highest BCUT2D eigenvalue weighted by molar-refractivity contribution is 8.76. The number of hydrogen-bond acceptors (Lipinski definition) is 7. The van der Waals surface area contributed by atoms with Crippen LogP contribution in [0.15, 0.2) is 0 Å². The first-order valence-corrected chi connectivity index (χ1v) is 8.48. The van der Waals surface area contributed by atoms with Crippen molar-refractivity contribution in [2.75, 3.05) is 24.9 Å². The van der Waals surface area contributed by atoms with E-state index in [4.69, 9.17) is 24.7 Å². The molecule has 19 heavy (non-hydrogen) atoms. The van der Waals surface area contributed by atoms with E-state index in [-0.39, 0.29) is 12.8 Å². The maximum absolute atomic E-state index is 9.13. The summed E-state index contributed by atoms with van der Waals surface area (Å²) in [7, 11) is 3.47. The van der Waals surface area contributed by atoms with Crippen molar-refractivity contribution in [1.29, 1.82) is 5.26 Å². The summed E-state index contributed by atoms with van der Waals surface area (Å²) in [6, 6.07) is 2.14. The molecule has 0 fully saturated rings. The number of ether oxygens (including phenoxy) is 1. The Kier molecular flexibility index (Phi) is 17.0. The zero-order chi connectivity index (χ0) is 15.0. The predicted octanol–water partition coefficient (Wildman–Crippen LogP) is 2.47. The van der Waals surface area contributed by atoms with Gasteiger partial charge in [0.25, 0.3) is 0 Å². The van der Waals surface area contributed by atoms with Crippen molar-refractivity contribution < 1.29 is 19.4 Å². The molecule has 0 aromatic rings. The molecular weight excluding hydrogens is 286 g/mol. The van der Waals surface area contributed by atoms with Crippen molar-refractivity contribution in [1.82, 2.24) is 0 Å². The molecule has 0 saturated carbocycles. The molecule has 0 spiro atoms. The third-order valence-electron chi connectivity index (χ3n) is 2.39. The van der Waals surface area contributed by atoms with Crippen molar-refractivity contribution in [3.05, 3.63) is 0 Å². The van der Waals surface area contributed by atoms with Gasteiger partial charge in [-0.3, -0.25) is 0 Å². The van der Waals surface area contributed by atoms with Gasteiger partial charge in [-0.1, -0.05) is 41.9 Å². The number of aliphatic hydroxyl groups is 1. The summed E-state index contributed by atoms with van der Waals surface area (Å²) in [5.74, 6) is 1.72. The summed E-state index contributed by atoms with van der Waals surface area (Å²) in [5.41, 5.74) is -0.714. The van der Waals surface area contributed by atoms with Gasteiger partial charge in [0, 0.05) is 5.75 Å². The Morgan fingerprint density at radius 2 is 1.95 bits per heavy atom. The molecule has 0 bridgehead atoms. The third-order valence-corrected chi connectivity index (χ3v) is 4.56. The van der Waals surface area contributed by atoms with Crippen molar-refractivity contribution in [2.24, 2.45) is 5.41 Å². The fourth-order valence-electron chi connectivity index (χ4n) is 0.973. The molecule has 0 amide bonds. The second kappa shape index (κ2) is 15.5. The second-order valence-corrected chi connectivity index (χ2v) is 6.28. The first kappa shape index (κ1) is 20.8. The number of hydrogen-bond donors (Lipinski definition) is 1. The van der Waals surface area contributed by atoms with E-state index in [1.54, 1.807) is 21.6 Å². The number of rotatable bonds is 10. The number of unbranched alkanes of at least 4 members (excludes halogenated alkanes) is 1. The number of nitrogens with zero attached hydrogens (tertiary/aromatic N) is 1. The molecule has 0 saturated heterocycles. The summed E-state index contributed by atoms with van der Waals surface area (Å²) < 4.78 is 5.41. The molecule has 0 radical (unpaired) electrons. The molecule has 1 N–H and O–H groups in total. The van der Waals surface area contributed by atoms with Crippen LogP contribution in [0.2, 0.25) is 0 Å². The molecule has 0 aromatic heterocycles. The Morgan fingerprint density at radius 1 is 1.32 bits per heavy atom. The topological polar surface area (TPSA) is 87.4 Å². The quantitative estimate of drug-likeness (QED) is 0.377. The molecule has 0 aliphatic heterocycles. The highest BCUT2D eigenvalue weighted by Gasteiger charge is 2.27. The molecule has 0 rings (SSSR count). The van der Waals surface area contributed by atoms with Gasteiger partial charge >= 0.3 is 6.15 Å². The minimum absolute atomic E-state index is 0.131. The number of aliphatic hydroxyl groups excluding tert-OH is 1. The van der Waals surface area contributed by atoms with Gasteiger partial charge in [-0.25, -0.2) is 0 Å². The van der Waals surface area contributed by atoms with Crippen LogP contribution in [0.3, 0.4) is 0 Å². The molecule has 0 aliphatic carbocycles. The van der Waals surface area contributed by atoms with Gasteiger partial charge < -0.3 is 9.84 Å². The van der Waals surface area contributed by atoms with Crippen molar-refractivity contribution >= 4 is 27.7 Å². The Morgan fingerprint density at radius 3 is 2.37 bits per heavy atom. The van der Waals surface area contributed by atoms with E-state index >= 15 is 0 Å². The van der Waals surface area contributed by atoms with Crippen molar-refractivity contribution in [2.45, 2.75) is 33.1 Å². The lowest BCUT2D eigenvalue weighted by atomic mass is 9.89. The smallest absolute Gasteiger partial charge is 0.373 e. The van der Waals surface area contributed by atoms with E-state index in [1.807, 2.05) is 6.92 Å². The van der Waals surface area contributed by atoms with Crippen LogP contribution in [0.5, 0.6) is 0 Å². The van der Waals surface area contributed by atoms with Gasteiger partial charge in [0.1, 0.15) is 11.4 Å². The van der Waals surface area contributed by atoms with E-state index in [0.717, 1.165) is 5.75 Å². The summed E-state index contributed by atoms with van der Waals surface area (Å²) in [5, 5.41) is 18.1. The molecule has 0 aromatic carbocycles. The van der Waals surface area contributed by atoms with Gasteiger partial charge in [-0.2, -0.15) is 14.9 Å². The van der Waals surface area contributed by atoms with Crippen LogP contribution in [-0.4, -0.2) is 36.2 Å². The average Bonchev–Trinajstić information content (AvgIpc) is 2.44. The third kappa shape index (κ3) is 12.3. The fraction of sp³-hybridized carbons (Fsp3) is 0.833. The van der Waals surface area contributed by atoms with Crippen LogP contribution in [-0.2, 0) is 14.3 Å². The molecule has 0 aliphatic rings. The Balaban J connectivity index is 0. The van der Waals surface area contributed by atoms with Crippen LogP contribution in [0.4, 0.5) is 0 Å². The lowest BCUT2D eigenvalue weighted by Gasteiger charge is -2.21. The minimum Gasteiger partial charge on any atom is -0.395 e. The van der Waals surface area contributed by atoms with Crippen LogP contribution >= 0.6 is 21.6 Å². The Bertz CT molecular complexity index is 271. The number of carbonyl (C=O) groups excluding carboxylic acids is 2. The van der Waals surface area contributed by atoms with E-state index in [2.05, 4.69) is 13.0 Å². The minimum atomic E-state index is -0.714. The summed E-state index contributed by atoms with van der Waals surface area (Å²) in [4.78, 5) is 16.2. The van der Waals surface area contributed by atoms with Crippen molar-refractivity contribution in [3.63, 3.8) is 0 Å². The van der Waals surface area contributed by atoms with Gasteiger partial charge in [-0.05, 0) is 12.8 Å². The Labute approximate surface area is 122 Å². The molecular formula is C12H21NO4S2. The molecule has 7 heteroatoms. The first-order valence-electron chi connectivity index (χ1n) is 5.99. The van der Waals surface area contributed by atoms with Gasteiger partial charge in [-0.15, -0.1) is 0 Å². The molecule has 110 valence electrons.